The summed E-state index contributed by atoms with van der Waals surface area (Å²) in [5, 5.41) is -2.30. The molecule has 5 rings (SSSR count). The van der Waals surface area contributed by atoms with Crippen molar-refractivity contribution in [2.75, 3.05) is 7.11 Å². The number of ether oxygens (including phenoxy) is 1. The monoisotopic (exact) mass is 540 g/mol. The summed E-state index contributed by atoms with van der Waals surface area (Å²) < 4.78 is 150. The fourth-order valence-electron chi connectivity index (χ4n) is 4.51. The quantitative estimate of drug-likeness (QED) is 0.0963. The molecule has 38 heavy (non-hydrogen) atoms. The highest BCUT2D eigenvalue weighted by molar-refractivity contribution is 6.21. The van der Waals surface area contributed by atoms with Crippen LogP contribution >= 0.6 is 0 Å². The van der Waals surface area contributed by atoms with Gasteiger partial charge in [-0.1, -0.05) is 12.1 Å². The summed E-state index contributed by atoms with van der Waals surface area (Å²) in [4.78, 5) is 0. The van der Waals surface area contributed by atoms with Crippen molar-refractivity contribution in [2.24, 2.45) is 0 Å². The summed E-state index contributed by atoms with van der Waals surface area (Å²) in [6.07, 6.45) is 0. The summed E-state index contributed by atoms with van der Waals surface area (Å²) in [5.74, 6) is -18.9. The maximum Gasteiger partial charge on any atom is 0.204 e. The Kier molecular flexibility index (Phi) is 5.96. The first-order valence-electron chi connectivity index (χ1n) is 10.6. The molecule has 5 aromatic rings. The molecule has 5 aromatic carbocycles. The summed E-state index contributed by atoms with van der Waals surface area (Å²) >= 11 is 0. The van der Waals surface area contributed by atoms with Crippen LogP contribution in [0, 0.1) is 58.2 Å². The molecule has 0 saturated heterocycles. The Hall–Kier alpha value is -4.28. The molecule has 0 heterocycles. The third-order valence-corrected chi connectivity index (χ3v) is 6.08. The van der Waals surface area contributed by atoms with E-state index in [1.54, 1.807) is 0 Å². The Balaban J connectivity index is 2.10. The summed E-state index contributed by atoms with van der Waals surface area (Å²) in [7, 11) is 0.744. The van der Waals surface area contributed by atoms with Gasteiger partial charge in [0.05, 0.1) is 12.7 Å². The molecular formula is C27H10F10O. The second-order valence-corrected chi connectivity index (χ2v) is 8.14. The van der Waals surface area contributed by atoms with E-state index in [4.69, 9.17) is 0 Å². The van der Waals surface area contributed by atoms with Crippen molar-refractivity contribution in [1.82, 2.24) is 0 Å². The normalized spacial score (nSPS) is 11.6. The van der Waals surface area contributed by atoms with E-state index in [9.17, 15) is 30.7 Å². The second kappa shape index (κ2) is 8.93. The van der Waals surface area contributed by atoms with Gasteiger partial charge in [-0.05, 0) is 52.1 Å². The van der Waals surface area contributed by atoms with Crippen molar-refractivity contribution in [3.63, 3.8) is 0 Å². The molecule has 0 aromatic heterocycles. The van der Waals surface area contributed by atoms with Gasteiger partial charge in [0, 0.05) is 16.5 Å². The molecule has 194 valence electrons. The Labute approximate surface area is 206 Å². The van der Waals surface area contributed by atoms with Gasteiger partial charge in [0.15, 0.2) is 46.5 Å². The largest absolute Gasteiger partial charge is 0.491 e. The first-order chi connectivity index (χ1) is 18.0. The van der Waals surface area contributed by atoms with Crippen LogP contribution in [-0.2, 0) is 0 Å². The SMILES string of the molecule is COc1c(F)c(F)c(-c2c3cc(F)c(F)cc3c(-c3cc(F)c(F)c(F)c3)c3c(F)cccc23)c(F)c1F. The van der Waals surface area contributed by atoms with Crippen LogP contribution in [0.5, 0.6) is 5.75 Å². The summed E-state index contributed by atoms with van der Waals surface area (Å²) in [6.45, 7) is 0. The van der Waals surface area contributed by atoms with E-state index < -0.39 is 108 Å². The van der Waals surface area contributed by atoms with E-state index in [1.807, 2.05) is 0 Å². The van der Waals surface area contributed by atoms with Crippen molar-refractivity contribution >= 4 is 21.5 Å². The number of benzene rings is 5. The molecule has 1 nitrogen and oxygen atoms in total. The fraction of sp³-hybridized carbons (Fsp3) is 0.0370. The van der Waals surface area contributed by atoms with Crippen LogP contribution in [0.25, 0.3) is 43.8 Å². The van der Waals surface area contributed by atoms with Gasteiger partial charge in [0.1, 0.15) is 5.82 Å². The number of hydrogen-bond donors (Lipinski definition) is 0. The molecular weight excluding hydrogens is 530 g/mol. The van der Waals surface area contributed by atoms with E-state index in [0.29, 0.717) is 24.3 Å². The van der Waals surface area contributed by atoms with Crippen LogP contribution < -0.4 is 4.74 Å². The van der Waals surface area contributed by atoms with E-state index in [1.165, 1.54) is 0 Å². The average Bonchev–Trinajstić information content (AvgIpc) is 2.87. The predicted octanol–water partition coefficient (Wildman–Crippen LogP) is 8.73. The van der Waals surface area contributed by atoms with E-state index in [2.05, 4.69) is 4.74 Å². The smallest absolute Gasteiger partial charge is 0.204 e. The van der Waals surface area contributed by atoms with Crippen molar-refractivity contribution in [3.05, 3.63) is 101 Å². The molecule has 0 spiro atoms. The molecule has 0 atom stereocenters. The Morgan fingerprint density at radius 2 is 1.00 bits per heavy atom. The lowest BCUT2D eigenvalue weighted by Crippen LogP contribution is -2.05. The van der Waals surface area contributed by atoms with E-state index in [-0.39, 0.29) is 0 Å². The predicted molar refractivity (Wildman–Crippen MR) is 118 cm³/mol. The second-order valence-electron chi connectivity index (χ2n) is 8.14. The van der Waals surface area contributed by atoms with Crippen molar-refractivity contribution in [3.8, 4) is 28.0 Å². The molecule has 0 aliphatic carbocycles. The number of rotatable bonds is 3. The van der Waals surface area contributed by atoms with Crippen LogP contribution in [-0.4, -0.2) is 7.11 Å². The molecule has 0 radical (unpaired) electrons. The zero-order chi connectivity index (χ0) is 27.6. The average molecular weight is 540 g/mol. The first kappa shape index (κ1) is 25.4. The highest BCUT2D eigenvalue weighted by Gasteiger charge is 2.31. The van der Waals surface area contributed by atoms with Gasteiger partial charge >= 0.3 is 0 Å². The molecule has 0 unspecified atom stereocenters. The third-order valence-electron chi connectivity index (χ3n) is 6.08. The zero-order valence-electron chi connectivity index (χ0n) is 18.7. The maximum atomic E-state index is 15.3. The summed E-state index contributed by atoms with van der Waals surface area (Å²) in [5.41, 5.74) is -3.26. The lowest BCUT2D eigenvalue weighted by atomic mass is 9.85. The molecule has 0 N–H and O–H groups in total. The van der Waals surface area contributed by atoms with Crippen LogP contribution in [0.15, 0.2) is 42.5 Å². The van der Waals surface area contributed by atoms with Gasteiger partial charge in [-0.2, -0.15) is 8.78 Å². The Bertz CT molecular complexity index is 1760. The number of hydrogen-bond acceptors (Lipinski definition) is 1. The minimum atomic E-state index is -2.00. The number of methoxy groups -OCH3 is 1. The highest BCUT2D eigenvalue weighted by Crippen LogP contribution is 2.48. The van der Waals surface area contributed by atoms with Crippen molar-refractivity contribution in [2.45, 2.75) is 0 Å². The molecule has 0 bridgehead atoms. The van der Waals surface area contributed by atoms with Gasteiger partial charge in [0.2, 0.25) is 11.6 Å². The molecule has 0 aliphatic rings. The van der Waals surface area contributed by atoms with Gasteiger partial charge in [-0.25, -0.2) is 35.1 Å². The van der Waals surface area contributed by atoms with Gasteiger partial charge < -0.3 is 4.74 Å². The molecule has 0 saturated carbocycles. The van der Waals surface area contributed by atoms with Crippen LogP contribution in [0.3, 0.4) is 0 Å². The topological polar surface area (TPSA) is 9.23 Å². The van der Waals surface area contributed by atoms with Crippen LogP contribution in [0.2, 0.25) is 0 Å². The molecule has 11 heteroatoms. The highest BCUT2D eigenvalue weighted by atomic mass is 19.2. The Morgan fingerprint density at radius 1 is 0.474 bits per heavy atom. The minimum Gasteiger partial charge on any atom is -0.491 e. The van der Waals surface area contributed by atoms with Gasteiger partial charge in [0.25, 0.3) is 0 Å². The number of halogens is 10. The summed E-state index contributed by atoms with van der Waals surface area (Å²) in [6, 6.07) is 4.67. The first-order valence-corrected chi connectivity index (χ1v) is 10.6. The Morgan fingerprint density at radius 3 is 1.53 bits per heavy atom. The third kappa shape index (κ3) is 3.56. The standard InChI is InChI=1S/C27H10F10O/c1-38-27-25(36)23(34)21(24(35)26(27)37)19-10-3-2-4-13(28)20(10)18(9-5-16(31)22(33)17(32)6-9)11-7-14(29)15(30)8-12(11)19/h2-8H,1H3. The van der Waals surface area contributed by atoms with Crippen LogP contribution in [0.1, 0.15) is 0 Å². The van der Waals surface area contributed by atoms with E-state index in [0.717, 1.165) is 25.3 Å². The molecule has 0 aliphatic heterocycles. The van der Waals surface area contributed by atoms with Crippen molar-refractivity contribution in [1.29, 1.82) is 0 Å². The van der Waals surface area contributed by atoms with Gasteiger partial charge in [-0.15, -0.1) is 0 Å². The lowest BCUT2D eigenvalue weighted by molar-refractivity contribution is 0.334. The fourth-order valence-corrected chi connectivity index (χ4v) is 4.51. The van der Waals surface area contributed by atoms with Gasteiger partial charge in [-0.3, -0.25) is 0 Å². The molecule has 0 fully saturated rings. The zero-order valence-corrected chi connectivity index (χ0v) is 18.7. The maximum absolute atomic E-state index is 15.3. The molecule has 0 amide bonds. The number of fused-ring (bicyclic) bond motifs is 2. The lowest BCUT2D eigenvalue weighted by Gasteiger charge is -2.20. The van der Waals surface area contributed by atoms with Crippen LogP contribution in [0.4, 0.5) is 43.9 Å². The van der Waals surface area contributed by atoms with Crippen molar-refractivity contribution < 1.29 is 48.6 Å². The van der Waals surface area contributed by atoms with E-state index >= 15 is 13.2 Å². The minimum absolute atomic E-state index is 0.420.